The maximum absolute atomic E-state index is 0. The summed E-state index contributed by atoms with van der Waals surface area (Å²) in [5, 5.41) is 0. The topological polar surface area (TPSA) is 0 Å². The third-order valence-electron chi connectivity index (χ3n) is 0. The van der Waals surface area contributed by atoms with E-state index in [1.165, 1.54) is 0 Å². The molecule has 0 unspecified atom stereocenters. The van der Waals surface area contributed by atoms with Crippen molar-refractivity contribution in [3.05, 3.63) is 0 Å². The summed E-state index contributed by atoms with van der Waals surface area (Å²) in [6.07, 6.45) is 0. The molecule has 0 amide bonds. The maximum atomic E-state index is 0. The molecule has 0 fully saturated rings. The second-order valence-electron chi connectivity index (χ2n) is 0. The van der Waals surface area contributed by atoms with Gasteiger partial charge in [-0.15, -0.1) is 0 Å². The third-order valence-corrected chi connectivity index (χ3v) is 0. The molecule has 0 aliphatic rings. The van der Waals surface area contributed by atoms with Crippen molar-refractivity contribution >= 4 is 69.6 Å². The van der Waals surface area contributed by atoms with E-state index in [-0.39, 0.29) is 86.7 Å². The van der Waals surface area contributed by atoms with Crippen LogP contribution in [0.2, 0.25) is 0 Å². The molecule has 0 aliphatic carbocycles. The molecule has 3 radical (unpaired) electrons. The molecule has 0 saturated carbocycles. The Bertz CT molecular complexity index is 9.61. The van der Waals surface area contributed by atoms with E-state index in [0.717, 1.165) is 0 Å². The van der Waals surface area contributed by atoms with Gasteiger partial charge < -0.3 is 0 Å². The fourth-order valence-electron chi connectivity index (χ4n) is 0. The van der Waals surface area contributed by atoms with Crippen LogP contribution in [0.25, 0.3) is 0 Å². The molecule has 0 aromatic rings. The van der Waals surface area contributed by atoms with Crippen LogP contribution in [0.15, 0.2) is 0 Å². The van der Waals surface area contributed by atoms with Gasteiger partial charge in [0.2, 0.25) is 0 Å². The molecule has 0 rings (SSSR count). The monoisotopic (exact) mass is 269 g/mol. The van der Waals surface area contributed by atoms with Gasteiger partial charge in [-0.2, -0.15) is 0 Å². The molecule has 0 aromatic heterocycles. The minimum atomic E-state index is 0. The first-order valence-electron chi connectivity index (χ1n) is 0. The predicted octanol–water partition coefficient (Wildman–Crippen LogP) is -4.74. The van der Waals surface area contributed by atoms with E-state index in [1.807, 2.05) is 0 Å². The fourth-order valence-corrected chi connectivity index (χ4v) is 0. The van der Waals surface area contributed by atoms with E-state index in [9.17, 15) is 0 Å². The van der Waals surface area contributed by atoms with Gasteiger partial charge in [-0.05, 0) is 11.0 Å². The van der Waals surface area contributed by atoms with Crippen molar-refractivity contribution in [2.45, 2.75) is 0 Å². The zero-order valence-electron chi connectivity index (χ0n) is 1.09. The van der Waals surface area contributed by atoms with Crippen molar-refractivity contribution in [2.24, 2.45) is 0 Å². The van der Waals surface area contributed by atoms with Crippen molar-refractivity contribution in [1.29, 1.82) is 0 Å². The van der Waals surface area contributed by atoms with Gasteiger partial charge in [0.15, 0.2) is 34.7 Å². The van der Waals surface area contributed by atoms with Crippen molar-refractivity contribution in [2.75, 3.05) is 0 Å². The summed E-state index contributed by atoms with van der Waals surface area (Å²) >= 11 is 0. The Morgan fingerprint density at radius 3 is 0.800 bits per heavy atom. The van der Waals surface area contributed by atoms with Crippen LogP contribution in [-0.4, -0.2) is 69.6 Å². The Hall–Kier alpha value is 2.60. The summed E-state index contributed by atoms with van der Waals surface area (Å²) in [5.41, 5.74) is 0. The SMILES string of the molecule is [AlH3].[AlH3].[Mn].[SiH4].[SnH2]. The first-order valence-corrected chi connectivity index (χ1v) is 0. The van der Waals surface area contributed by atoms with Crippen molar-refractivity contribution in [3.63, 3.8) is 0 Å². The van der Waals surface area contributed by atoms with Crippen LogP contribution in [0.5, 0.6) is 0 Å². The molecule has 0 N–H and O–H groups in total. The number of hydrogen-bond acceptors (Lipinski definition) is 0. The van der Waals surface area contributed by atoms with Gasteiger partial charge >= 0.3 is 23.9 Å². The third kappa shape index (κ3) is 20.7. The van der Waals surface area contributed by atoms with Crippen LogP contribution in [0, 0.1) is 0 Å². The van der Waals surface area contributed by atoms with Gasteiger partial charge in [0.25, 0.3) is 0 Å². The van der Waals surface area contributed by atoms with Crippen molar-refractivity contribution in [1.82, 2.24) is 0 Å². The summed E-state index contributed by atoms with van der Waals surface area (Å²) in [4.78, 5) is 0. The van der Waals surface area contributed by atoms with Gasteiger partial charge in [0.1, 0.15) is 0 Å². The van der Waals surface area contributed by atoms with E-state index in [4.69, 9.17) is 0 Å². The summed E-state index contributed by atoms with van der Waals surface area (Å²) in [7, 11) is 0. The molecule has 0 atom stereocenters. The first-order chi connectivity index (χ1) is 0. The van der Waals surface area contributed by atoms with Crippen LogP contribution >= 0.6 is 0 Å². The van der Waals surface area contributed by atoms with E-state index in [1.54, 1.807) is 0 Å². The molecule has 0 heterocycles. The second-order valence-corrected chi connectivity index (χ2v) is 0. The molecular formula is H12Al2MnSiSn. The fraction of sp³-hybridized carbons (Fsp3) is 0. The van der Waals surface area contributed by atoms with E-state index < -0.39 is 0 Å². The zero-order valence-corrected chi connectivity index (χ0v) is 6.30. The van der Waals surface area contributed by atoms with Crippen molar-refractivity contribution < 1.29 is 17.1 Å². The molecule has 5 heteroatoms. The molecule has 0 aliphatic heterocycles. The predicted molar refractivity (Wildman–Crippen MR) is 39.8 cm³/mol. The summed E-state index contributed by atoms with van der Waals surface area (Å²) in [6, 6.07) is 0. The van der Waals surface area contributed by atoms with Gasteiger partial charge in [0.05, 0.1) is 0 Å². The van der Waals surface area contributed by atoms with Gasteiger partial charge in [-0.1, -0.05) is 0 Å². The quantitative estimate of drug-likeness (QED) is 0.387. The van der Waals surface area contributed by atoms with Crippen molar-refractivity contribution in [3.8, 4) is 0 Å². The average molecular weight is 268 g/mol. The Balaban J connectivity index is 0. The Labute approximate surface area is 85.6 Å². The second kappa shape index (κ2) is 30.6. The van der Waals surface area contributed by atoms with Crippen LogP contribution in [-0.2, 0) is 17.1 Å². The van der Waals surface area contributed by atoms with Gasteiger partial charge in [-0.3, -0.25) is 0 Å². The molecular weight excluding hydrogens is 256 g/mol. The van der Waals surface area contributed by atoms with Gasteiger partial charge in [0, 0.05) is 17.1 Å². The molecule has 0 spiro atoms. The first kappa shape index (κ1) is 49.0. The number of rotatable bonds is 0. The summed E-state index contributed by atoms with van der Waals surface area (Å²) < 4.78 is 0. The van der Waals surface area contributed by atoms with E-state index in [0.29, 0.717) is 0 Å². The Morgan fingerprint density at radius 1 is 0.800 bits per heavy atom. The molecule has 5 heavy (non-hydrogen) atoms. The Kier molecular flexibility index (Phi) is 300. The standard InChI is InChI=1S/2Al.Mn.H4Si.Sn.8H/h;;;1H4;;;;;;;;;. The molecule has 0 aromatic carbocycles. The average Bonchev–Trinajstić information content (AvgIpc) is 0. The molecule has 0 nitrogen and oxygen atoms in total. The van der Waals surface area contributed by atoms with Crippen LogP contribution < -0.4 is 0 Å². The van der Waals surface area contributed by atoms with E-state index in [2.05, 4.69) is 0 Å². The van der Waals surface area contributed by atoms with Gasteiger partial charge in [-0.25, -0.2) is 0 Å². The van der Waals surface area contributed by atoms with Crippen LogP contribution in [0.1, 0.15) is 0 Å². The van der Waals surface area contributed by atoms with E-state index >= 15 is 0 Å². The number of hydrogen-bond donors (Lipinski definition) is 0. The minimum absolute atomic E-state index is 0. The summed E-state index contributed by atoms with van der Waals surface area (Å²) in [5.74, 6) is 0. The van der Waals surface area contributed by atoms with Crippen LogP contribution in [0.3, 0.4) is 0 Å². The summed E-state index contributed by atoms with van der Waals surface area (Å²) in [6.45, 7) is 0. The zero-order chi connectivity index (χ0) is 0. The molecule has 33 valence electrons. The van der Waals surface area contributed by atoms with Crippen LogP contribution in [0.4, 0.5) is 0 Å². The Morgan fingerprint density at radius 2 is 0.800 bits per heavy atom. The normalized spacial score (nSPS) is 0. The molecule has 0 bridgehead atoms. The molecule has 0 saturated heterocycles.